The van der Waals surface area contributed by atoms with E-state index in [4.69, 9.17) is 4.74 Å². The van der Waals surface area contributed by atoms with Crippen molar-refractivity contribution < 1.29 is 9.53 Å². The van der Waals surface area contributed by atoms with Crippen molar-refractivity contribution in [3.8, 4) is 0 Å². The number of ketones is 1. The van der Waals surface area contributed by atoms with E-state index in [-0.39, 0.29) is 5.78 Å². The van der Waals surface area contributed by atoms with Gasteiger partial charge in [-0.15, -0.1) is 0 Å². The number of Topliss-reactive ketones (excluding diaryl/α,β-unsaturated/α-hetero) is 1. The lowest BCUT2D eigenvalue weighted by atomic mass is 9.98. The van der Waals surface area contributed by atoms with Crippen LogP contribution in [-0.2, 0) is 9.53 Å². The molecular formula is C8H12O2. The molecule has 0 aromatic rings. The summed E-state index contributed by atoms with van der Waals surface area (Å²) in [7, 11) is 1.62. The topological polar surface area (TPSA) is 26.3 Å². The van der Waals surface area contributed by atoms with E-state index in [2.05, 4.69) is 0 Å². The number of hydrogen-bond acceptors (Lipinski definition) is 2. The quantitative estimate of drug-likeness (QED) is 0.553. The third-order valence-electron chi connectivity index (χ3n) is 1.89. The molecule has 0 N–H and O–H groups in total. The smallest absolute Gasteiger partial charge is 0.161 e. The summed E-state index contributed by atoms with van der Waals surface area (Å²) in [4.78, 5) is 11.0. The lowest BCUT2D eigenvalue weighted by Gasteiger charge is -2.14. The first kappa shape index (κ1) is 7.32. The Kier molecular flexibility index (Phi) is 2.10. The number of rotatable bonds is 1. The van der Waals surface area contributed by atoms with E-state index >= 15 is 0 Å². The zero-order chi connectivity index (χ0) is 7.56. The molecule has 2 heteroatoms. The Morgan fingerprint density at radius 3 is 2.60 bits per heavy atom. The Morgan fingerprint density at radius 2 is 2.10 bits per heavy atom. The molecule has 0 aliphatic heterocycles. The molecular weight excluding hydrogens is 128 g/mol. The van der Waals surface area contributed by atoms with Crippen molar-refractivity contribution in [2.75, 3.05) is 7.11 Å². The molecule has 0 saturated carbocycles. The maximum absolute atomic E-state index is 11.0. The maximum Gasteiger partial charge on any atom is 0.161 e. The van der Waals surface area contributed by atoms with E-state index in [1.165, 1.54) is 0 Å². The summed E-state index contributed by atoms with van der Waals surface area (Å²) in [6.45, 7) is 1.83. The molecule has 0 spiro atoms. The molecule has 1 rings (SSSR count). The van der Waals surface area contributed by atoms with Crippen LogP contribution in [-0.4, -0.2) is 12.9 Å². The van der Waals surface area contributed by atoms with Crippen LogP contribution in [0.2, 0.25) is 0 Å². The van der Waals surface area contributed by atoms with Gasteiger partial charge in [-0.25, -0.2) is 0 Å². The van der Waals surface area contributed by atoms with Gasteiger partial charge in [0.05, 0.1) is 7.11 Å². The van der Waals surface area contributed by atoms with Crippen LogP contribution >= 0.6 is 0 Å². The molecule has 0 atom stereocenters. The van der Waals surface area contributed by atoms with Crippen LogP contribution in [0.5, 0.6) is 0 Å². The van der Waals surface area contributed by atoms with Gasteiger partial charge in [-0.1, -0.05) is 0 Å². The molecule has 56 valence electrons. The van der Waals surface area contributed by atoms with Crippen LogP contribution in [0.25, 0.3) is 0 Å². The lowest BCUT2D eigenvalue weighted by Crippen LogP contribution is -2.09. The van der Waals surface area contributed by atoms with Gasteiger partial charge in [0.1, 0.15) is 5.76 Å². The van der Waals surface area contributed by atoms with Crippen molar-refractivity contribution in [2.24, 2.45) is 0 Å². The minimum Gasteiger partial charge on any atom is -0.501 e. The molecule has 1 aliphatic rings. The number of ether oxygens (including phenoxy) is 1. The van der Waals surface area contributed by atoms with Gasteiger partial charge >= 0.3 is 0 Å². The van der Waals surface area contributed by atoms with E-state index in [1.54, 1.807) is 7.11 Å². The monoisotopic (exact) mass is 140 g/mol. The van der Waals surface area contributed by atoms with Crippen LogP contribution in [0.15, 0.2) is 11.3 Å². The molecule has 0 aromatic heterocycles. The highest BCUT2D eigenvalue weighted by Gasteiger charge is 2.16. The third-order valence-corrected chi connectivity index (χ3v) is 1.89. The van der Waals surface area contributed by atoms with Gasteiger partial charge in [-0.3, -0.25) is 4.79 Å². The molecule has 2 nitrogen and oxygen atoms in total. The average molecular weight is 140 g/mol. The lowest BCUT2D eigenvalue weighted by molar-refractivity contribution is -0.116. The van der Waals surface area contributed by atoms with Gasteiger partial charge in [0.25, 0.3) is 0 Å². The number of methoxy groups -OCH3 is 1. The fourth-order valence-electron chi connectivity index (χ4n) is 1.20. The highest BCUT2D eigenvalue weighted by Crippen LogP contribution is 2.21. The third kappa shape index (κ3) is 1.20. The number of carbonyl (C=O) groups excluding carboxylic acids is 1. The fourth-order valence-corrected chi connectivity index (χ4v) is 1.20. The first-order valence-corrected chi connectivity index (χ1v) is 3.52. The maximum atomic E-state index is 11.0. The van der Waals surface area contributed by atoms with Gasteiger partial charge in [-0.2, -0.15) is 0 Å². The summed E-state index contributed by atoms with van der Waals surface area (Å²) in [5, 5.41) is 0. The van der Waals surface area contributed by atoms with Crippen LogP contribution in [0.1, 0.15) is 26.2 Å². The van der Waals surface area contributed by atoms with Crippen LogP contribution in [0, 0.1) is 0 Å². The molecule has 0 unspecified atom stereocenters. The van der Waals surface area contributed by atoms with Crippen LogP contribution in [0.4, 0.5) is 0 Å². The fraction of sp³-hybridized carbons (Fsp3) is 0.625. The van der Waals surface area contributed by atoms with Gasteiger partial charge in [0.2, 0.25) is 0 Å². The van der Waals surface area contributed by atoms with Gasteiger partial charge in [-0.05, 0) is 13.3 Å². The van der Waals surface area contributed by atoms with Crippen molar-refractivity contribution in [3.05, 3.63) is 11.3 Å². The molecule has 1 aliphatic carbocycles. The zero-order valence-corrected chi connectivity index (χ0v) is 6.44. The van der Waals surface area contributed by atoms with Gasteiger partial charge in [0, 0.05) is 18.4 Å². The number of allylic oxidation sites excluding steroid dienone is 2. The summed E-state index contributed by atoms with van der Waals surface area (Å²) in [6.07, 6.45) is 2.56. The minimum absolute atomic E-state index is 0.239. The molecule has 0 radical (unpaired) electrons. The molecule has 10 heavy (non-hydrogen) atoms. The van der Waals surface area contributed by atoms with Gasteiger partial charge < -0.3 is 4.74 Å². The van der Waals surface area contributed by atoms with Crippen molar-refractivity contribution in [2.45, 2.75) is 26.2 Å². The normalized spacial score (nSPS) is 19.6. The van der Waals surface area contributed by atoms with E-state index in [9.17, 15) is 4.79 Å². The second kappa shape index (κ2) is 2.86. The van der Waals surface area contributed by atoms with E-state index in [0.717, 1.165) is 24.2 Å². The molecule has 0 fully saturated rings. The number of hydrogen-bond donors (Lipinski definition) is 0. The average Bonchev–Trinajstić information content (AvgIpc) is 1.95. The van der Waals surface area contributed by atoms with Crippen LogP contribution < -0.4 is 0 Å². The Hall–Kier alpha value is -0.790. The summed E-state index contributed by atoms with van der Waals surface area (Å²) in [5.74, 6) is 1.11. The largest absolute Gasteiger partial charge is 0.501 e. The van der Waals surface area contributed by atoms with Crippen LogP contribution in [0.3, 0.4) is 0 Å². The Bertz CT molecular complexity index is 180. The molecule has 0 aromatic carbocycles. The summed E-state index contributed by atoms with van der Waals surface area (Å²) >= 11 is 0. The predicted octanol–water partition coefficient (Wildman–Crippen LogP) is 1.66. The van der Waals surface area contributed by atoms with Crippen molar-refractivity contribution >= 4 is 5.78 Å². The second-order valence-electron chi connectivity index (χ2n) is 2.53. The standard InChI is InChI=1S/C8H12O2/c1-6-7(9)4-3-5-8(6)10-2/h3-5H2,1-2H3. The molecule has 0 heterocycles. The summed E-state index contributed by atoms with van der Waals surface area (Å²) in [6, 6.07) is 0. The number of carbonyl (C=O) groups is 1. The zero-order valence-electron chi connectivity index (χ0n) is 6.44. The minimum atomic E-state index is 0.239. The molecule has 0 amide bonds. The van der Waals surface area contributed by atoms with Crippen molar-refractivity contribution in [1.82, 2.24) is 0 Å². The molecule has 0 saturated heterocycles. The highest BCUT2D eigenvalue weighted by molar-refractivity contribution is 5.95. The predicted molar refractivity (Wildman–Crippen MR) is 38.6 cm³/mol. The Balaban J connectivity index is 2.82. The van der Waals surface area contributed by atoms with E-state index in [1.807, 2.05) is 6.92 Å². The first-order chi connectivity index (χ1) is 4.75. The van der Waals surface area contributed by atoms with Crippen molar-refractivity contribution in [1.29, 1.82) is 0 Å². The van der Waals surface area contributed by atoms with E-state index < -0.39 is 0 Å². The second-order valence-corrected chi connectivity index (χ2v) is 2.53. The van der Waals surface area contributed by atoms with Gasteiger partial charge in [0.15, 0.2) is 5.78 Å². The van der Waals surface area contributed by atoms with E-state index in [0.29, 0.717) is 6.42 Å². The Labute approximate surface area is 60.9 Å². The highest BCUT2D eigenvalue weighted by atomic mass is 16.5. The molecule has 0 bridgehead atoms. The SMILES string of the molecule is COC1=C(C)C(=O)CCC1. The first-order valence-electron chi connectivity index (χ1n) is 3.52. The Morgan fingerprint density at radius 1 is 1.40 bits per heavy atom. The summed E-state index contributed by atoms with van der Waals surface area (Å²) < 4.78 is 5.03. The van der Waals surface area contributed by atoms with Crippen molar-refractivity contribution in [3.63, 3.8) is 0 Å². The summed E-state index contributed by atoms with van der Waals surface area (Å²) in [5.41, 5.74) is 0.814.